The van der Waals surface area contributed by atoms with Gasteiger partial charge in [-0.2, -0.15) is 0 Å². The van der Waals surface area contributed by atoms with Gasteiger partial charge in [0.1, 0.15) is 10.4 Å². The summed E-state index contributed by atoms with van der Waals surface area (Å²) in [5.41, 5.74) is 4.76. The number of likely N-dealkylation sites (tertiary alicyclic amines) is 1. The van der Waals surface area contributed by atoms with Gasteiger partial charge >= 0.3 is 0 Å². The highest BCUT2D eigenvalue weighted by Crippen LogP contribution is 2.47. The van der Waals surface area contributed by atoms with Crippen molar-refractivity contribution in [2.24, 2.45) is 0 Å². The maximum atomic E-state index is 13.2. The number of rotatable bonds is 4. The van der Waals surface area contributed by atoms with Crippen LogP contribution < -0.4 is 4.90 Å². The van der Waals surface area contributed by atoms with Gasteiger partial charge in [0, 0.05) is 32.0 Å². The summed E-state index contributed by atoms with van der Waals surface area (Å²) in [5, 5.41) is 0. The van der Waals surface area contributed by atoms with Crippen LogP contribution in [0.5, 0.6) is 0 Å². The minimum absolute atomic E-state index is 0.104. The fraction of sp³-hybridized carbons (Fsp3) is 0.409. The Morgan fingerprint density at radius 2 is 2.17 bits per heavy atom. The Bertz CT molecular complexity index is 1060. The fourth-order valence-corrected chi connectivity index (χ4v) is 5.57. The maximum Gasteiger partial charge on any atom is 0.265 e. The van der Waals surface area contributed by atoms with Crippen LogP contribution in [0.4, 0.5) is 5.69 Å². The Kier molecular flexibility index (Phi) is 4.42. The lowest BCUT2D eigenvalue weighted by Crippen LogP contribution is -2.53. The van der Waals surface area contributed by atoms with E-state index in [-0.39, 0.29) is 11.4 Å². The molecule has 0 radical (unpaired) electrons. The van der Waals surface area contributed by atoms with E-state index in [9.17, 15) is 4.79 Å². The first-order valence-corrected chi connectivity index (χ1v) is 11.1. The molecule has 0 N–H and O–H groups in total. The standard InChI is InChI=1S/C22H25N5OS/c1-3-4-12-27-17-7-5-10-23-20(17)26-11-6-8-18(26)22(27)9-13-25(14-22)21(28)19-16(2)24-15-29-19/h5-8,10-11,15H,3-4,9,12-14H2,1-2H3/t22-/m1/s1. The number of aryl methyl sites for hydroxylation is 1. The predicted molar refractivity (Wildman–Crippen MR) is 115 cm³/mol. The zero-order valence-electron chi connectivity index (χ0n) is 16.8. The van der Waals surface area contributed by atoms with Gasteiger partial charge in [0.15, 0.2) is 5.82 Å². The molecule has 0 bridgehead atoms. The van der Waals surface area contributed by atoms with Crippen LogP contribution in [0, 0.1) is 6.92 Å². The third kappa shape index (κ3) is 2.71. The largest absolute Gasteiger partial charge is 0.355 e. The monoisotopic (exact) mass is 407 g/mol. The Hall–Kier alpha value is -2.67. The second-order valence-corrected chi connectivity index (χ2v) is 8.74. The van der Waals surface area contributed by atoms with Gasteiger partial charge < -0.3 is 14.4 Å². The first-order chi connectivity index (χ1) is 14.2. The number of carbonyl (C=O) groups excluding carboxylic acids is 1. The van der Waals surface area contributed by atoms with Crippen molar-refractivity contribution in [1.82, 2.24) is 19.4 Å². The van der Waals surface area contributed by atoms with E-state index < -0.39 is 0 Å². The van der Waals surface area contributed by atoms with Gasteiger partial charge in [-0.25, -0.2) is 9.97 Å². The van der Waals surface area contributed by atoms with E-state index in [1.54, 1.807) is 5.51 Å². The molecule has 1 saturated heterocycles. The number of nitrogens with zero attached hydrogens (tertiary/aromatic N) is 5. The predicted octanol–water partition coefficient (Wildman–Crippen LogP) is 4.00. The SMILES string of the molecule is CCCCN1c2cccnc2-n2cccc2[C@]12CCN(C(=O)c1scnc1C)C2. The van der Waals surface area contributed by atoms with Crippen LogP contribution in [0.25, 0.3) is 5.82 Å². The van der Waals surface area contributed by atoms with Crippen molar-refractivity contribution in [3.8, 4) is 5.82 Å². The summed E-state index contributed by atoms with van der Waals surface area (Å²) in [7, 11) is 0. The molecule has 1 fully saturated rings. The molecule has 1 amide bonds. The van der Waals surface area contributed by atoms with Gasteiger partial charge in [-0.05, 0) is 44.0 Å². The first-order valence-electron chi connectivity index (χ1n) is 10.3. The van der Waals surface area contributed by atoms with Crippen molar-refractivity contribution in [1.29, 1.82) is 0 Å². The second-order valence-electron chi connectivity index (χ2n) is 7.89. The van der Waals surface area contributed by atoms with Crippen LogP contribution >= 0.6 is 11.3 Å². The van der Waals surface area contributed by atoms with Crippen molar-refractivity contribution in [2.45, 2.75) is 38.6 Å². The second kappa shape index (κ2) is 6.99. The van der Waals surface area contributed by atoms with Crippen LogP contribution in [0.1, 0.15) is 47.2 Å². The lowest BCUT2D eigenvalue weighted by atomic mass is 9.88. The summed E-state index contributed by atoms with van der Waals surface area (Å²) in [4.78, 5) is 27.5. The molecule has 3 aromatic rings. The van der Waals surface area contributed by atoms with Crippen molar-refractivity contribution < 1.29 is 4.79 Å². The molecule has 0 aromatic carbocycles. The smallest absolute Gasteiger partial charge is 0.265 e. The van der Waals surface area contributed by atoms with Gasteiger partial charge in [-0.1, -0.05) is 13.3 Å². The van der Waals surface area contributed by atoms with E-state index in [0.717, 1.165) is 54.4 Å². The summed E-state index contributed by atoms with van der Waals surface area (Å²) in [6, 6.07) is 8.47. The minimum atomic E-state index is -0.219. The highest BCUT2D eigenvalue weighted by Gasteiger charge is 2.50. The molecule has 0 unspecified atom stereocenters. The highest BCUT2D eigenvalue weighted by atomic mass is 32.1. The molecule has 1 spiro atoms. The van der Waals surface area contributed by atoms with E-state index >= 15 is 0 Å². The van der Waals surface area contributed by atoms with E-state index in [1.807, 2.05) is 24.1 Å². The molecule has 0 aliphatic carbocycles. The number of unbranched alkanes of at least 4 members (excludes halogenated alkanes) is 1. The van der Waals surface area contributed by atoms with Gasteiger partial charge in [0.25, 0.3) is 5.91 Å². The topological polar surface area (TPSA) is 54.3 Å². The summed E-state index contributed by atoms with van der Waals surface area (Å²) in [6.45, 7) is 6.53. The molecular formula is C22H25N5OS. The molecular weight excluding hydrogens is 382 g/mol. The summed E-state index contributed by atoms with van der Waals surface area (Å²) in [6.07, 6.45) is 7.11. The van der Waals surface area contributed by atoms with Gasteiger partial charge in [-0.3, -0.25) is 4.79 Å². The summed E-state index contributed by atoms with van der Waals surface area (Å²) >= 11 is 1.44. The van der Waals surface area contributed by atoms with E-state index in [0.29, 0.717) is 6.54 Å². The zero-order valence-corrected chi connectivity index (χ0v) is 17.7. The fourth-order valence-electron chi connectivity index (χ4n) is 4.80. The Balaban J connectivity index is 1.58. The van der Waals surface area contributed by atoms with Crippen molar-refractivity contribution >= 4 is 22.9 Å². The maximum absolute atomic E-state index is 13.2. The molecule has 1 atom stereocenters. The number of amides is 1. The quantitative estimate of drug-likeness (QED) is 0.656. The number of pyridine rings is 1. The number of fused-ring (bicyclic) bond motifs is 4. The Morgan fingerprint density at radius 3 is 2.97 bits per heavy atom. The van der Waals surface area contributed by atoms with Gasteiger partial charge in [-0.15, -0.1) is 11.3 Å². The van der Waals surface area contributed by atoms with E-state index in [1.165, 1.54) is 17.0 Å². The number of aromatic nitrogens is 3. The lowest BCUT2D eigenvalue weighted by Gasteiger charge is -2.47. The number of hydrogen-bond acceptors (Lipinski definition) is 5. The minimum Gasteiger partial charge on any atom is -0.355 e. The number of thiazole rings is 1. The third-order valence-corrected chi connectivity index (χ3v) is 7.15. The van der Waals surface area contributed by atoms with E-state index in [2.05, 4.69) is 50.8 Å². The van der Waals surface area contributed by atoms with Crippen molar-refractivity contribution in [3.63, 3.8) is 0 Å². The third-order valence-electron chi connectivity index (χ3n) is 6.24. The lowest BCUT2D eigenvalue weighted by molar-refractivity contribution is 0.0786. The zero-order chi connectivity index (χ0) is 20.0. The summed E-state index contributed by atoms with van der Waals surface area (Å²) < 4.78 is 2.21. The van der Waals surface area contributed by atoms with Crippen LogP contribution in [0.3, 0.4) is 0 Å². The first kappa shape index (κ1) is 18.4. The molecule has 150 valence electrons. The van der Waals surface area contributed by atoms with Gasteiger partial charge in [0.2, 0.25) is 0 Å². The number of hydrogen-bond donors (Lipinski definition) is 0. The average molecular weight is 408 g/mol. The molecule has 29 heavy (non-hydrogen) atoms. The normalized spacial score (nSPS) is 20.2. The molecule has 2 aliphatic heterocycles. The summed E-state index contributed by atoms with van der Waals surface area (Å²) in [5.74, 6) is 1.09. The Morgan fingerprint density at radius 1 is 1.28 bits per heavy atom. The van der Waals surface area contributed by atoms with Crippen molar-refractivity contribution in [3.05, 3.63) is 58.4 Å². The molecule has 5 rings (SSSR count). The number of carbonyl (C=O) groups is 1. The molecule has 2 aliphatic rings. The van der Waals surface area contributed by atoms with Crippen LogP contribution in [-0.4, -0.2) is 45.0 Å². The molecule has 3 aromatic heterocycles. The highest BCUT2D eigenvalue weighted by molar-refractivity contribution is 7.11. The Labute approximate surface area is 174 Å². The van der Waals surface area contributed by atoms with Crippen molar-refractivity contribution in [2.75, 3.05) is 24.5 Å². The van der Waals surface area contributed by atoms with Crippen LogP contribution in [0.2, 0.25) is 0 Å². The molecule has 6 nitrogen and oxygen atoms in total. The number of anilines is 1. The van der Waals surface area contributed by atoms with Crippen LogP contribution in [-0.2, 0) is 5.54 Å². The molecule has 7 heteroatoms. The van der Waals surface area contributed by atoms with E-state index in [4.69, 9.17) is 0 Å². The van der Waals surface area contributed by atoms with Crippen LogP contribution in [0.15, 0.2) is 42.2 Å². The average Bonchev–Trinajstić information content (AvgIpc) is 3.48. The van der Waals surface area contributed by atoms with Gasteiger partial charge in [0.05, 0.1) is 22.6 Å². The molecule has 0 saturated carbocycles. The molecule has 5 heterocycles.